The molecule has 20 heavy (non-hydrogen) atoms. The maximum atomic E-state index is 10.1. The maximum Gasteiger partial charge on any atom is 0.122 e. The number of nitrogens with zero attached hydrogens (tertiary/aromatic N) is 1. The highest BCUT2D eigenvalue weighted by atomic mass is 16.5. The van der Waals surface area contributed by atoms with Gasteiger partial charge in [0.25, 0.3) is 0 Å². The van der Waals surface area contributed by atoms with Crippen molar-refractivity contribution in [2.24, 2.45) is 11.7 Å². The van der Waals surface area contributed by atoms with Gasteiger partial charge in [-0.25, -0.2) is 0 Å². The summed E-state index contributed by atoms with van der Waals surface area (Å²) in [4.78, 5) is 2.33. The minimum Gasteiger partial charge on any atom is -0.508 e. The van der Waals surface area contributed by atoms with Crippen molar-refractivity contribution < 1.29 is 9.84 Å². The SMILES string of the molecule is COCCN(c1ccc(C(C)N)c(O)c1)C(C)C1CC1. The molecule has 2 atom stereocenters. The van der Waals surface area contributed by atoms with Gasteiger partial charge in [0.05, 0.1) is 6.61 Å². The van der Waals surface area contributed by atoms with E-state index in [1.165, 1.54) is 12.8 Å². The number of benzene rings is 1. The van der Waals surface area contributed by atoms with Crippen LogP contribution < -0.4 is 10.6 Å². The summed E-state index contributed by atoms with van der Waals surface area (Å²) in [6.07, 6.45) is 2.60. The Morgan fingerprint density at radius 3 is 2.60 bits per heavy atom. The molecule has 3 N–H and O–H groups in total. The Balaban J connectivity index is 2.21. The van der Waals surface area contributed by atoms with Crippen LogP contribution in [0.25, 0.3) is 0 Å². The van der Waals surface area contributed by atoms with Crippen LogP contribution in [0.3, 0.4) is 0 Å². The third kappa shape index (κ3) is 3.44. The number of phenolic OH excluding ortho intramolecular Hbond substituents is 1. The van der Waals surface area contributed by atoms with E-state index in [-0.39, 0.29) is 11.8 Å². The van der Waals surface area contributed by atoms with E-state index in [4.69, 9.17) is 10.5 Å². The fourth-order valence-electron chi connectivity index (χ4n) is 2.69. The average Bonchev–Trinajstić information content (AvgIpc) is 3.22. The number of nitrogens with two attached hydrogens (primary N) is 1. The lowest BCUT2D eigenvalue weighted by molar-refractivity contribution is 0.202. The number of hydrogen-bond acceptors (Lipinski definition) is 4. The number of rotatable bonds is 7. The van der Waals surface area contributed by atoms with E-state index in [2.05, 4.69) is 11.8 Å². The first-order valence-corrected chi connectivity index (χ1v) is 7.38. The maximum absolute atomic E-state index is 10.1. The predicted octanol–water partition coefficient (Wildman–Crippen LogP) is 2.66. The lowest BCUT2D eigenvalue weighted by Crippen LogP contribution is -2.37. The molecule has 1 aliphatic rings. The quantitative estimate of drug-likeness (QED) is 0.805. The number of hydrogen-bond donors (Lipinski definition) is 2. The van der Waals surface area contributed by atoms with Crippen LogP contribution in [0.4, 0.5) is 5.69 Å². The second-order valence-electron chi connectivity index (χ2n) is 5.80. The summed E-state index contributed by atoms with van der Waals surface area (Å²) < 4.78 is 5.21. The van der Waals surface area contributed by atoms with Gasteiger partial charge in [0.1, 0.15) is 5.75 Å². The first kappa shape index (κ1) is 15.1. The van der Waals surface area contributed by atoms with Crippen molar-refractivity contribution in [2.75, 3.05) is 25.2 Å². The van der Waals surface area contributed by atoms with Gasteiger partial charge in [0.15, 0.2) is 0 Å². The highest BCUT2D eigenvalue weighted by Crippen LogP contribution is 2.38. The summed E-state index contributed by atoms with van der Waals surface area (Å²) in [6, 6.07) is 6.12. The molecule has 4 heteroatoms. The highest BCUT2D eigenvalue weighted by molar-refractivity contribution is 5.55. The predicted molar refractivity (Wildman–Crippen MR) is 82.1 cm³/mol. The minimum absolute atomic E-state index is 0.155. The second kappa shape index (κ2) is 6.46. The van der Waals surface area contributed by atoms with Crippen LogP contribution in [0, 0.1) is 5.92 Å². The zero-order chi connectivity index (χ0) is 14.7. The Kier molecular flexibility index (Phi) is 4.89. The zero-order valence-corrected chi connectivity index (χ0v) is 12.7. The molecule has 0 radical (unpaired) electrons. The van der Waals surface area contributed by atoms with Crippen LogP contribution in [0.2, 0.25) is 0 Å². The number of anilines is 1. The van der Waals surface area contributed by atoms with Crippen LogP contribution in [-0.4, -0.2) is 31.4 Å². The van der Waals surface area contributed by atoms with Gasteiger partial charge < -0.3 is 20.5 Å². The molecule has 1 saturated carbocycles. The lowest BCUT2D eigenvalue weighted by Gasteiger charge is -2.32. The van der Waals surface area contributed by atoms with Gasteiger partial charge in [-0.05, 0) is 38.7 Å². The Morgan fingerprint density at radius 2 is 2.10 bits per heavy atom. The van der Waals surface area contributed by atoms with Crippen molar-refractivity contribution in [2.45, 2.75) is 38.8 Å². The van der Waals surface area contributed by atoms with Crippen molar-refractivity contribution in [1.29, 1.82) is 0 Å². The van der Waals surface area contributed by atoms with Crippen LogP contribution in [0.15, 0.2) is 18.2 Å². The van der Waals surface area contributed by atoms with E-state index < -0.39 is 0 Å². The number of ether oxygens (including phenoxy) is 1. The molecule has 0 bridgehead atoms. The van der Waals surface area contributed by atoms with E-state index in [9.17, 15) is 5.11 Å². The summed E-state index contributed by atoms with van der Waals surface area (Å²) in [6.45, 7) is 5.66. The van der Waals surface area contributed by atoms with Gasteiger partial charge in [0.2, 0.25) is 0 Å². The summed E-state index contributed by atoms with van der Waals surface area (Å²) in [5.74, 6) is 1.05. The van der Waals surface area contributed by atoms with Gasteiger partial charge >= 0.3 is 0 Å². The Hall–Kier alpha value is -1.26. The molecule has 2 rings (SSSR count). The molecule has 0 aliphatic heterocycles. The van der Waals surface area contributed by atoms with Crippen LogP contribution in [0.1, 0.15) is 38.3 Å². The van der Waals surface area contributed by atoms with E-state index in [1.54, 1.807) is 7.11 Å². The first-order valence-electron chi connectivity index (χ1n) is 7.38. The molecule has 4 nitrogen and oxygen atoms in total. The molecule has 112 valence electrons. The standard InChI is InChI=1S/C16H26N2O2/c1-11(17)15-7-6-14(10-16(15)19)18(8-9-20-3)12(2)13-4-5-13/h6-7,10-13,19H,4-5,8-9,17H2,1-3H3. The van der Waals surface area contributed by atoms with Crippen molar-refractivity contribution in [3.05, 3.63) is 23.8 Å². The van der Waals surface area contributed by atoms with Crippen molar-refractivity contribution in [3.63, 3.8) is 0 Å². The van der Waals surface area contributed by atoms with Crippen LogP contribution in [-0.2, 0) is 4.74 Å². The molecule has 0 amide bonds. The molecular weight excluding hydrogens is 252 g/mol. The highest BCUT2D eigenvalue weighted by Gasteiger charge is 2.32. The van der Waals surface area contributed by atoms with Crippen molar-refractivity contribution >= 4 is 5.69 Å². The summed E-state index contributed by atoms with van der Waals surface area (Å²) in [7, 11) is 1.72. The number of aromatic hydroxyl groups is 1. The first-order chi connectivity index (χ1) is 9.54. The average molecular weight is 278 g/mol. The lowest BCUT2D eigenvalue weighted by atomic mass is 10.1. The second-order valence-corrected chi connectivity index (χ2v) is 5.80. The van der Waals surface area contributed by atoms with Gasteiger partial charge in [-0.15, -0.1) is 0 Å². The summed E-state index contributed by atoms with van der Waals surface area (Å²) >= 11 is 0. The Morgan fingerprint density at radius 1 is 1.40 bits per heavy atom. The van der Waals surface area contributed by atoms with Gasteiger partial charge in [-0.1, -0.05) is 6.07 Å². The minimum atomic E-state index is -0.155. The Bertz CT molecular complexity index is 444. The molecule has 1 aromatic rings. The van der Waals surface area contributed by atoms with E-state index in [0.29, 0.717) is 12.6 Å². The van der Waals surface area contributed by atoms with E-state index >= 15 is 0 Å². The molecule has 1 aliphatic carbocycles. The molecule has 1 aromatic carbocycles. The molecule has 0 aromatic heterocycles. The topological polar surface area (TPSA) is 58.7 Å². The number of phenols is 1. The summed E-state index contributed by atoms with van der Waals surface area (Å²) in [5, 5.41) is 10.1. The van der Waals surface area contributed by atoms with Crippen LogP contribution in [0.5, 0.6) is 5.75 Å². The molecule has 0 heterocycles. The van der Waals surface area contributed by atoms with Crippen molar-refractivity contribution in [3.8, 4) is 5.75 Å². The van der Waals surface area contributed by atoms with Gasteiger partial charge in [0, 0.05) is 43.1 Å². The normalized spacial score (nSPS) is 17.8. The fraction of sp³-hybridized carbons (Fsp3) is 0.625. The molecule has 1 fully saturated rings. The smallest absolute Gasteiger partial charge is 0.122 e. The fourth-order valence-corrected chi connectivity index (χ4v) is 2.69. The Labute approximate surface area is 121 Å². The summed E-state index contributed by atoms with van der Waals surface area (Å²) in [5.41, 5.74) is 7.68. The van der Waals surface area contributed by atoms with Gasteiger partial charge in [-0.3, -0.25) is 0 Å². The van der Waals surface area contributed by atoms with E-state index in [0.717, 1.165) is 23.7 Å². The van der Waals surface area contributed by atoms with E-state index in [1.807, 2.05) is 25.1 Å². The number of methoxy groups -OCH3 is 1. The van der Waals surface area contributed by atoms with Gasteiger partial charge in [-0.2, -0.15) is 0 Å². The monoisotopic (exact) mass is 278 g/mol. The third-order valence-corrected chi connectivity index (χ3v) is 4.17. The molecule has 0 spiro atoms. The molecular formula is C16H26N2O2. The largest absolute Gasteiger partial charge is 0.508 e. The molecule has 0 saturated heterocycles. The molecule has 2 unspecified atom stereocenters. The zero-order valence-electron chi connectivity index (χ0n) is 12.7. The van der Waals surface area contributed by atoms with Crippen LogP contribution >= 0.6 is 0 Å². The third-order valence-electron chi connectivity index (χ3n) is 4.17. The van der Waals surface area contributed by atoms with Crippen molar-refractivity contribution in [1.82, 2.24) is 0 Å².